The first-order valence-electron chi connectivity index (χ1n) is 6.93. The zero-order valence-electron chi connectivity index (χ0n) is 11.1. The molecule has 1 atom stereocenters. The van der Waals surface area contributed by atoms with E-state index in [1.54, 1.807) is 11.0 Å². The van der Waals surface area contributed by atoms with Crippen molar-refractivity contribution in [3.8, 4) is 0 Å². The van der Waals surface area contributed by atoms with Crippen LogP contribution in [0.4, 0.5) is 5.69 Å². The summed E-state index contributed by atoms with van der Waals surface area (Å²) in [5.74, 6) is 0.243. The van der Waals surface area contributed by atoms with Crippen LogP contribution in [-0.4, -0.2) is 24.4 Å². The van der Waals surface area contributed by atoms with Crippen LogP contribution in [0, 0.1) is 5.92 Å². The van der Waals surface area contributed by atoms with E-state index in [9.17, 15) is 9.59 Å². The summed E-state index contributed by atoms with van der Waals surface area (Å²) in [6.07, 6.45) is 2.95. The van der Waals surface area contributed by atoms with Gasteiger partial charge in [0.25, 0.3) is 5.91 Å². The molecule has 0 spiro atoms. The number of hydrogen-bond acceptors (Lipinski definition) is 2. The van der Waals surface area contributed by atoms with Gasteiger partial charge in [0.15, 0.2) is 0 Å². The molecule has 0 saturated heterocycles. The quantitative estimate of drug-likeness (QED) is 0.901. The van der Waals surface area contributed by atoms with Gasteiger partial charge in [-0.2, -0.15) is 0 Å². The summed E-state index contributed by atoms with van der Waals surface area (Å²) in [7, 11) is 0. The smallest absolute Gasteiger partial charge is 0.254 e. The minimum Gasteiger partial charge on any atom is -0.340 e. The lowest BCUT2D eigenvalue weighted by Gasteiger charge is -2.24. The van der Waals surface area contributed by atoms with Gasteiger partial charge in [0.05, 0.1) is 11.3 Å². The number of anilines is 1. The van der Waals surface area contributed by atoms with E-state index in [1.165, 1.54) is 0 Å². The van der Waals surface area contributed by atoms with Gasteiger partial charge < -0.3 is 10.2 Å². The van der Waals surface area contributed by atoms with Gasteiger partial charge in [-0.3, -0.25) is 9.59 Å². The van der Waals surface area contributed by atoms with Gasteiger partial charge in [-0.05, 0) is 37.3 Å². The average molecular weight is 258 g/mol. The lowest BCUT2D eigenvalue weighted by molar-refractivity contribution is -0.120. The van der Waals surface area contributed by atoms with Crippen LogP contribution in [0.15, 0.2) is 24.3 Å². The molecule has 1 saturated carbocycles. The van der Waals surface area contributed by atoms with E-state index < -0.39 is 0 Å². The van der Waals surface area contributed by atoms with Crippen LogP contribution < -0.4 is 10.2 Å². The molecular weight excluding hydrogens is 240 g/mol. The second-order valence-electron chi connectivity index (χ2n) is 5.30. The number of benzene rings is 1. The van der Waals surface area contributed by atoms with E-state index >= 15 is 0 Å². The second-order valence-corrected chi connectivity index (χ2v) is 5.30. The number of para-hydroxylation sites is 1. The molecule has 1 N–H and O–H groups in total. The van der Waals surface area contributed by atoms with Crippen molar-refractivity contribution in [1.82, 2.24) is 5.32 Å². The number of carbonyl (C=O) groups excluding carboxylic acids is 2. The Morgan fingerprint density at radius 3 is 2.68 bits per heavy atom. The molecule has 0 bridgehead atoms. The largest absolute Gasteiger partial charge is 0.340 e. The average Bonchev–Trinajstić information content (AvgIpc) is 3.25. The molecule has 100 valence electrons. The van der Waals surface area contributed by atoms with Crippen LogP contribution in [-0.2, 0) is 4.79 Å². The molecule has 0 aromatic heterocycles. The lowest BCUT2D eigenvalue weighted by Crippen LogP contribution is -2.47. The summed E-state index contributed by atoms with van der Waals surface area (Å²) >= 11 is 0. The lowest BCUT2D eigenvalue weighted by atomic mass is 10.1. The van der Waals surface area contributed by atoms with Gasteiger partial charge in [0, 0.05) is 6.54 Å². The van der Waals surface area contributed by atoms with Crippen molar-refractivity contribution in [3.63, 3.8) is 0 Å². The molecule has 0 radical (unpaired) electrons. The van der Waals surface area contributed by atoms with Crippen LogP contribution in [0.3, 0.4) is 0 Å². The number of hydrogen-bond donors (Lipinski definition) is 1. The highest BCUT2D eigenvalue weighted by molar-refractivity contribution is 6.11. The highest BCUT2D eigenvalue weighted by Crippen LogP contribution is 2.36. The maximum absolute atomic E-state index is 12.6. The predicted octanol–water partition coefficient (Wildman–Crippen LogP) is 1.95. The Labute approximate surface area is 112 Å². The third-order valence-corrected chi connectivity index (χ3v) is 3.80. The number of nitrogens with zero attached hydrogens (tertiary/aromatic N) is 1. The molecule has 1 aliphatic heterocycles. The summed E-state index contributed by atoms with van der Waals surface area (Å²) in [6, 6.07) is 7.02. The summed E-state index contributed by atoms with van der Waals surface area (Å²) in [5, 5.41) is 2.91. The van der Waals surface area contributed by atoms with Crippen molar-refractivity contribution in [2.75, 3.05) is 11.4 Å². The first kappa shape index (κ1) is 12.2. The zero-order valence-corrected chi connectivity index (χ0v) is 11.1. The number of rotatable bonds is 3. The first-order chi connectivity index (χ1) is 9.22. The van der Waals surface area contributed by atoms with Gasteiger partial charge in [-0.15, -0.1) is 0 Å². The molecule has 4 nitrogen and oxygen atoms in total. The van der Waals surface area contributed by atoms with Crippen molar-refractivity contribution in [3.05, 3.63) is 29.8 Å². The topological polar surface area (TPSA) is 49.4 Å². The van der Waals surface area contributed by atoms with Crippen molar-refractivity contribution in [1.29, 1.82) is 0 Å². The molecule has 1 aromatic carbocycles. The van der Waals surface area contributed by atoms with Crippen LogP contribution in [0.5, 0.6) is 0 Å². The minimum atomic E-state index is -0.341. The maximum Gasteiger partial charge on any atom is 0.254 e. The Bertz CT molecular complexity index is 523. The SMILES string of the molecule is CCCN1C(=O)C(C2CC2)NC(=O)c2ccccc21. The van der Waals surface area contributed by atoms with Crippen molar-refractivity contribution >= 4 is 17.5 Å². The number of nitrogens with one attached hydrogen (secondary N) is 1. The number of carbonyl (C=O) groups is 2. The monoisotopic (exact) mass is 258 g/mol. The molecular formula is C15H18N2O2. The summed E-state index contributed by atoms with van der Waals surface area (Å²) in [4.78, 5) is 26.7. The van der Waals surface area contributed by atoms with Crippen molar-refractivity contribution in [2.24, 2.45) is 5.92 Å². The molecule has 19 heavy (non-hydrogen) atoms. The second kappa shape index (κ2) is 4.68. The van der Waals surface area contributed by atoms with Crippen LogP contribution in [0.25, 0.3) is 0 Å². The molecule has 1 fully saturated rings. The van der Waals surface area contributed by atoms with Gasteiger partial charge >= 0.3 is 0 Å². The summed E-state index contributed by atoms with van der Waals surface area (Å²) in [5.41, 5.74) is 1.35. The maximum atomic E-state index is 12.6. The fraction of sp³-hybridized carbons (Fsp3) is 0.467. The number of fused-ring (bicyclic) bond motifs is 1. The Morgan fingerprint density at radius 1 is 1.26 bits per heavy atom. The van der Waals surface area contributed by atoms with Gasteiger partial charge in [0.2, 0.25) is 5.91 Å². The molecule has 2 aliphatic rings. The van der Waals surface area contributed by atoms with Gasteiger partial charge in [-0.1, -0.05) is 19.1 Å². The van der Waals surface area contributed by atoms with E-state index in [0.717, 1.165) is 24.9 Å². The third-order valence-electron chi connectivity index (χ3n) is 3.80. The molecule has 4 heteroatoms. The van der Waals surface area contributed by atoms with Gasteiger partial charge in [0.1, 0.15) is 6.04 Å². The molecule has 2 amide bonds. The van der Waals surface area contributed by atoms with Gasteiger partial charge in [-0.25, -0.2) is 0 Å². The molecule has 1 aliphatic carbocycles. The number of amides is 2. The Kier molecular flexibility index (Phi) is 3.01. The van der Waals surface area contributed by atoms with Crippen molar-refractivity contribution < 1.29 is 9.59 Å². The molecule has 1 heterocycles. The van der Waals surface area contributed by atoms with E-state index in [2.05, 4.69) is 5.32 Å². The Balaban J connectivity index is 2.04. The van der Waals surface area contributed by atoms with E-state index in [4.69, 9.17) is 0 Å². The van der Waals surface area contributed by atoms with E-state index in [1.807, 2.05) is 25.1 Å². The molecule has 1 aromatic rings. The normalized spacial score (nSPS) is 22.8. The summed E-state index contributed by atoms with van der Waals surface area (Å²) in [6.45, 7) is 2.70. The Morgan fingerprint density at radius 2 is 2.00 bits per heavy atom. The van der Waals surface area contributed by atoms with Crippen LogP contribution in [0.2, 0.25) is 0 Å². The third kappa shape index (κ3) is 2.11. The first-order valence-corrected chi connectivity index (χ1v) is 6.93. The summed E-state index contributed by atoms with van der Waals surface area (Å²) < 4.78 is 0. The predicted molar refractivity (Wildman–Crippen MR) is 73.1 cm³/mol. The van der Waals surface area contributed by atoms with E-state index in [0.29, 0.717) is 18.0 Å². The molecule has 1 unspecified atom stereocenters. The highest BCUT2D eigenvalue weighted by Gasteiger charge is 2.42. The fourth-order valence-electron chi connectivity index (χ4n) is 2.67. The zero-order chi connectivity index (χ0) is 13.4. The fourth-order valence-corrected chi connectivity index (χ4v) is 2.67. The van der Waals surface area contributed by atoms with Crippen molar-refractivity contribution in [2.45, 2.75) is 32.2 Å². The minimum absolute atomic E-state index is 0.0441. The van der Waals surface area contributed by atoms with Crippen LogP contribution >= 0.6 is 0 Å². The highest BCUT2D eigenvalue weighted by atomic mass is 16.2. The van der Waals surface area contributed by atoms with E-state index in [-0.39, 0.29) is 17.9 Å². The van der Waals surface area contributed by atoms with Crippen LogP contribution in [0.1, 0.15) is 36.5 Å². The standard InChI is InChI=1S/C15H18N2O2/c1-2-9-17-12-6-4-3-5-11(12)14(18)16-13(15(17)19)10-7-8-10/h3-6,10,13H,2,7-9H2,1H3,(H,16,18). The Hall–Kier alpha value is -1.84. The molecule has 3 rings (SSSR count).